The largest absolute Gasteiger partial charge is 0.427 e. The molecule has 10 heteroatoms. The van der Waals surface area contributed by atoms with Crippen LogP contribution in [0.2, 0.25) is 0 Å². The summed E-state index contributed by atoms with van der Waals surface area (Å²) in [5.41, 5.74) is -2.18. The van der Waals surface area contributed by atoms with Crippen LogP contribution in [0.4, 0.5) is 26.3 Å². The molecule has 4 nitrogen and oxygen atoms in total. The van der Waals surface area contributed by atoms with Crippen molar-refractivity contribution < 1.29 is 45.4 Å². The number of carbonyl (C=O) groups is 2. The Balaban J connectivity index is 1.93. The SMILES string of the molecule is O=C(CCC(=O)Oc1ccccc1C(F)(F)F)Oc1cccc(C(F)(F)F)c1. The zero-order valence-electron chi connectivity index (χ0n) is 13.9. The van der Waals surface area contributed by atoms with Gasteiger partial charge in [-0.2, -0.15) is 26.3 Å². The predicted molar refractivity (Wildman–Crippen MR) is 83.4 cm³/mol. The van der Waals surface area contributed by atoms with Gasteiger partial charge in [0.2, 0.25) is 0 Å². The summed E-state index contributed by atoms with van der Waals surface area (Å²) in [6.07, 6.45) is -10.6. The average molecular weight is 406 g/mol. The molecular formula is C18H12F6O4. The molecule has 0 atom stereocenters. The molecule has 28 heavy (non-hydrogen) atoms. The molecule has 0 aliphatic heterocycles. The molecule has 0 saturated heterocycles. The van der Waals surface area contributed by atoms with Gasteiger partial charge in [0.25, 0.3) is 0 Å². The fourth-order valence-corrected chi connectivity index (χ4v) is 2.09. The van der Waals surface area contributed by atoms with Crippen LogP contribution in [-0.2, 0) is 21.9 Å². The zero-order valence-corrected chi connectivity index (χ0v) is 13.9. The number of ether oxygens (including phenoxy) is 2. The van der Waals surface area contributed by atoms with Gasteiger partial charge in [-0.15, -0.1) is 0 Å². The number of hydrogen-bond donors (Lipinski definition) is 0. The summed E-state index contributed by atoms with van der Waals surface area (Å²) < 4.78 is 85.6. The lowest BCUT2D eigenvalue weighted by atomic mass is 10.2. The summed E-state index contributed by atoms with van der Waals surface area (Å²) in [6, 6.07) is 7.57. The first-order chi connectivity index (χ1) is 13.0. The van der Waals surface area contributed by atoms with E-state index in [0.29, 0.717) is 6.07 Å². The highest BCUT2D eigenvalue weighted by atomic mass is 19.4. The number of rotatable bonds is 5. The van der Waals surface area contributed by atoms with Crippen LogP contribution in [0.25, 0.3) is 0 Å². The van der Waals surface area contributed by atoms with Gasteiger partial charge in [0.05, 0.1) is 24.0 Å². The molecule has 0 aliphatic rings. The fourth-order valence-electron chi connectivity index (χ4n) is 2.09. The third-order valence-electron chi connectivity index (χ3n) is 3.34. The molecule has 2 aromatic carbocycles. The highest BCUT2D eigenvalue weighted by molar-refractivity contribution is 5.80. The minimum absolute atomic E-state index is 0.379. The fraction of sp³-hybridized carbons (Fsp3) is 0.222. The van der Waals surface area contributed by atoms with Gasteiger partial charge in [0.1, 0.15) is 11.5 Å². The second-order valence-corrected chi connectivity index (χ2v) is 5.47. The predicted octanol–water partition coefficient (Wildman–Crippen LogP) is 5.02. The maximum Gasteiger partial charge on any atom is 0.419 e. The monoisotopic (exact) mass is 406 g/mol. The molecule has 0 N–H and O–H groups in total. The quantitative estimate of drug-likeness (QED) is 0.398. The summed E-state index contributed by atoms with van der Waals surface area (Å²) >= 11 is 0. The van der Waals surface area contributed by atoms with Gasteiger partial charge < -0.3 is 9.47 Å². The van der Waals surface area contributed by atoms with Gasteiger partial charge in [-0.3, -0.25) is 9.59 Å². The first-order valence-corrected chi connectivity index (χ1v) is 7.71. The topological polar surface area (TPSA) is 52.6 Å². The maximum atomic E-state index is 12.8. The van der Waals surface area contributed by atoms with Crippen LogP contribution in [0.1, 0.15) is 24.0 Å². The molecule has 2 aromatic rings. The highest BCUT2D eigenvalue weighted by Crippen LogP contribution is 2.36. The highest BCUT2D eigenvalue weighted by Gasteiger charge is 2.34. The standard InChI is InChI=1S/C18H12F6O4/c19-17(20,21)11-4-3-5-12(10-11)27-15(25)8-9-16(26)28-14-7-2-1-6-13(14)18(22,23)24/h1-7,10H,8-9H2. The van der Waals surface area contributed by atoms with Gasteiger partial charge in [-0.25, -0.2) is 0 Å². The molecule has 0 aromatic heterocycles. The number of halogens is 6. The van der Waals surface area contributed by atoms with Crippen LogP contribution >= 0.6 is 0 Å². The molecule has 150 valence electrons. The second kappa shape index (κ2) is 8.32. The Kier molecular flexibility index (Phi) is 6.32. The van der Waals surface area contributed by atoms with E-state index in [-0.39, 0.29) is 5.75 Å². The minimum Gasteiger partial charge on any atom is -0.427 e. The molecule has 0 aliphatic carbocycles. The van der Waals surface area contributed by atoms with Crippen LogP contribution in [0.15, 0.2) is 48.5 Å². The van der Waals surface area contributed by atoms with Crippen molar-refractivity contribution in [3.05, 3.63) is 59.7 Å². The number of hydrogen-bond acceptors (Lipinski definition) is 4. The van der Waals surface area contributed by atoms with Crippen molar-refractivity contribution in [1.29, 1.82) is 0 Å². The summed E-state index contributed by atoms with van der Waals surface area (Å²) in [6.45, 7) is 0. The summed E-state index contributed by atoms with van der Waals surface area (Å²) in [4.78, 5) is 23.4. The van der Waals surface area contributed by atoms with E-state index in [1.165, 1.54) is 6.07 Å². The van der Waals surface area contributed by atoms with Crippen LogP contribution in [0, 0.1) is 0 Å². The van der Waals surface area contributed by atoms with E-state index >= 15 is 0 Å². The first-order valence-electron chi connectivity index (χ1n) is 7.71. The van der Waals surface area contributed by atoms with E-state index in [4.69, 9.17) is 4.74 Å². The van der Waals surface area contributed by atoms with Crippen molar-refractivity contribution in [3.63, 3.8) is 0 Å². The van der Waals surface area contributed by atoms with E-state index < -0.39 is 54.0 Å². The summed E-state index contributed by atoms with van der Waals surface area (Å²) in [5.74, 6) is -3.26. The number of esters is 2. The molecule has 0 spiro atoms. The minimum atomic E-state index is -4.74. The van der Waals surface area contributed by atoms with Crippen LogP contribution in [0.3, 0.4) is 0 Å². The Morgan fingerprint density at radius 3 is 1.96 bits per heavy atom. The van der Waals surface area contributed by atoms with Gasteiger partial charge in [0.15, 0.2) is 0 Å². The maximum absolute atomic E-state index is 12.8. The Hall–Kier alpha value is -3.04. The molecule has 0 saturated carbocycles. The van der Waals surface area contributed by atoms with Crippen molar-refractivity contribution in [2.75, 3.05) is 0 Å². The van der Waals surface area contributed by atoms with Crippen LogP contribution in [-0.4, -0.2) is 11.9 Å². The number of carbonyl (C=O) groups excluding carboxylic acids is 2. The third kappa shape index (κ3) is 6.00. The smallest absolute Gasteiger partial charge is 0.419 e. The first kappa shape index (κ1) is 21.3. The number of para-hydroxylation sites is 1. The van der Waals surface area contributed by atoms with Crippen molar-refractivity contribution in [2.45, 2.75) is 25.2 Å². The Morgan fingerprint density at radius 1 is 0.750 bits per heavy atom. The van der Waals surface area contributed by atoms with Gasteiger partial charge in [-0.1, -0.05) is 18.2 Å². The van der Waals surface area contributed by atoms with E-state index in [2.05, 4.69) is 4.74 Å². The lowest BCUT2D eigenvalue weighted by Gasteiger charge is -2.12. The van der Waals surface area contributed by atoms with Crippen molar-refractivity contribution >= 4 is 11.9 Å². The molecule has 0 bridgehead atoms. The molecular weight excluding hydrogens is 394 g/mol. The molecule has 0 amide bonds. The Bertz CT molecular complexity index is 858. The average Bonchev–Trinajstić information content (AvgIpc) is 2.59. The van der Waals surface area contributed by atoms with Crippen molar-refractivity contribution in [2.24, 2.45) is 0 Å². The van der Waals surface area contributed by atoms with Gasteiger partial charge in [-0.05, 0) is 30.3 Å². The van der Waals surface area contributed by atoms with E-state index in [0.717, 1.165) is 36.4 Å². The summed E-state index contributed by atoms with van der Waals surface area (Å²) in [7, 11) is 0. The zero-order chi connectivity index (χ0) is 20.9. The number of benzene rings is 2. The van der Waals surface area contributed by atoms with Gasteiger partial charge >= 0.3 is 24.3 Å². The molecule has 0 unspecified atom stereocenters. The molecule has 2 rings (SSSR count). The second-order valence-electron chi connectivity index (χ2n) is 5.47. The van der Waals surface area contributed by atoms with E-state index in [9.17, 15) is 35.9 Å². The molecule has 0 heterocycles. The normalized spacial score (nSPS) is 11.8. The number of alkyl halides is 6. The summed E-state index contributed by atoms with van der Waals surface area (Å²) in [5, 5.41) is 0. The van der Waals surface area contributed by atoms with Crippen LogP contribution < -0.4 is 9.47 Å². The third-order valence-corrected chi connectivity index (χ3v) is 3.34. The van der Waals surface area contributed by atoms with E-state index in [1.807, 2.05) is 0 Å². The lowest BCUT2D eigenvalue weighted by Crippen LogP contribution is -2.16. The van der Waals surface area contributed by atoms with Gasteiger partial charge in [0, 0.05) is 0 Å². The van der Waals surface area contributed by atoms with Crippen molar-refractivity contribution in [3.8, 4) is 11.5 Å². The van der Waals surface area contributed by atoms with Crippen molar-refractivity contribution in [1.82, 2.24) is 0 Å². The molecule has 0 fully saturated rings. The molecule has 0 radical (unpaired) electrons. The Labute approximate surface area is 154 Å². The Morgan fingerprint density at radius 2 is 1.36 bits per heavy atom. The van der Waals surface area contributed by atoms with E-state index in [1.54, 1.807) is 0 Å². The lowest BCUT2D eigenvalue weighted by molar-refractivity contribution is -0.144. The van der Waals surface area contributed by atoms with Crippen LogP contribution in [0.5, 0.6) is 11.5 Å².